The van der Waals surface area contributed by atoms with E-state index in [0.29, 0.717) is 11.1 Å². The van der Waals surface area contributed by atoms with Crippen molar-refractivity contribution in [2.45, 2.75) is 39.3 Å². The number of nitrogens with one attached hydrogen (secondary N) is 1. The topological polar surface area (TPSA) is 53.9 Å². The lowest BCUT2D eigenvalue weighted by Gasteiger charge is -2.24. The number of nitrogens with zero attached hydrogens (tertiary/aromatic N) is 4. The number of rotatable bonds is 5. The summed E-state index contributed by atoms with van der Waals surface area (Å²) in [7, 11) is 0. The molecule has 23 heavy (non-hydrogen) atoms. The summed E-state index contributed by atoms with van der Waals surface area (Å²) in [6, 6.07) is 6.29. The molecule has 0 radical (unpaired) electrons. The van der Waals surface area contributed by atoms with Crippen LogP contribution < -0.4 is 5.32 Å². The van der Waals surface area contributed by atoms with Gasteiger partial charge in [0.25, 0.3) is 0 Å². The molecule has 1 N–H and O–H groups in total. The maximum Gasteiger partial charge on any atom is 0.129 e. The Kier molecular flexibility index (Phi) is 5.08. The van der Waals surface area contributed by atoms with Crippen LogP contribution in [0.1, 0.15) is 43.0 Å². The summed E-state index contributed by atoms with van der Waals surface area (Å²) in [6.07, 6.45) is 4.01. The molecule has 0 aliphatic carbocycles. The van der Waals surface area contributed by atoms with Crippen molar-refractivity contribution in [1.29, 1.82) is 0 Å². The summed E-state index contributed by atoms with van der Waals surface area (Å²) in [6.45, 7) is 6.77. The number of halogens is 1. The van der Waals surface area contributed by atoms with Gasteiger partial charge in [-0.05, 0) is 45.4 Å². The maximum absolute atomic E-state index is 5.92. The summed E-state index contributed by atoms with van der Waals surface area (Å²) in [4.78, 5) is 16.0. The number of anilines is 1. The molecule has 2 aromatic rings. The van der Waals surface area contributed by atoms with Gasteiger partial charge in [-0.25, -0.2) is 9.97 Å². The highest BCUT2D eigenvalue weighted by atomic mass is 35.5. The Bertz CT molecular complexity index is 659. The Balaban J connectivity index is 1.79. The van der Waals surface area contributed by atoms with Crippen molar-refractivity contribution in [3.8, 4) is 0 Å². The first-order chi connectivity index (χ1) is 11.2. The summed E-state index contributed by atoms with van der Waals surface area (Å²) >= 11 is 5.92. The molecular formula is C17H22ClN5. The van der Waals surface area contributed by atoms with E-state index in [-0.39, 0.29) is 0 Å². The van der Waals surface area contributed by atoms with Crippen LogP contribution in [0, 0.1) is 6.92 Å². The Morgan fingerprint density at radius 3 is 2.96 bits per heavy atom. The fourth-order valence-corrected chi connectivity index (χ4v) is 3.20. The van der Waals surface area contributed by atoms with Crippen molar-refractivity contribution < 1.29 is 0 Å². The molecule has 0 saturated carbocycles. The summed E-state index contributed by atoms with van der Waals surface area (Å²) in [5.74, 6) is 1.72. The maximum atomic E-state index is 5.92. The number of likely N-dealkylation sites (tertiary alicyclic amines) is 1. The first-order valence-electron chi connectivity index (χ1n) is 8.09. The van der Waals surface area contributed by atoms with Crippen molar-refractivity contribution in [2.75, 3.05) is 18.4 Å². The highest BCUT2D eigenvalue weighted by molar-refractivity contribution is 6.30. The van der Waals surface area contributed by atoms with E-state index >= 15 is 0 Å². The fraction of sp³-hybridized carbons (Fsp3) is 0.471. The van der Waals surface area contributed by atoms with Crippen LogP contribution >= 0.6 is 11.6 Å². The van der Waals surface area contributed by atoms with Crippen molar-refractivity contribution >= 4 is 17.4 Å². The van der Waals surface area contributed by atoms with E-state index in [4.69, 9.17) is 11.6 Å². The molecule has 0 bridgehead atoms. The summed E-state index contributed by atoms with van der Waals surface area (Å²) in [5.41, 5.74) is 2.14. The molecule has 0 aromatic carbocycles. The van der Waals surface area contributed by atoms with Gasteiger partial charge in [-0.15, -0.1) is 0 Å². The molecule has 1 fully saturated rings. The van der Waals surface area contributed by atoms with Gasteiger partial charge in [-0.3, -0.25) is 9.88 Å². The van der Waals surface area contributed by atoms with Gasteiger partial charge >= 0.3 is 0 Å². The minimum absolute atomic E-state index is 0.326. The SMILES string of the molecule is CCNc1cc([C@H]2CCCN2Cc2ccc(Cl)cn2)nc(C)n1. The second kappa shape index (κ2) is 7.23. The van der Waals surface area contributed by atoms with E-state index in [1.165, 1.54) is 6.42 Å². The third kappa shape index (κ3) is 3.98. The number of pyridine rings is 1. The van der Waals surface area contributed by atoms with E-state index < -0.39 is 0 Å². The number of aryl methyl sites for hydroxylation is 1. The quantitative estimate of drug-likeness (QED) is 0.907. The molecule has 0 spiro atoms. The molecule has 1 aliphatic heterocycles. The fourth-order valence-electron chi connectivity index (χ4n) is 3.09. The van der Waals surface area contributed by atoms with Crippen LogP contribution in [0.2, 0.25) is 5.02 Å². The lowest BCUT2D eigenvalue weighted by molar-refractivity contribution is 0.241. The highest BCUT2D eigenvalue weighted by Gasteiger charge is 2.28. The lowest BCUT2D eigenvalue weighted by Crippen LogP contribution is -2.24. The zero-order chi connectivity index (χ0) is 16.2. The summed E-state index contributed by atoms with van der Waals surface area (Å²) in [5, 5.41) is 3.96. The smallest absolute Gasteiger partial charge is 0.129 e. The van der Waals surface area contributed by atoms with E-state index in [1.807, 2.05) is 19.1 Å². The van der Waals surface area contributed by atoms with Gasteiger partial charge < -0.3 is 5.32 Å². The van der Waals surface area contributed by atoms with Crippen molar-refractivity contribution in [2.24, 2.45) is 0 Å². The monoisotopic (exact) mass is 331 g/mol. The predicted octanol–water partition coefficient (Wildman–Crippen LogP) is 3.60. The molecule has 2 aromatic heterocycles. The van der Waals surface area contributed by atoms with E-state index in [1.54, 1.807) is 6.20 Å². The van der Waals surface area contributed by atoms with Crippen LogP contribution in [0.4, 0.5) is 5.82 Å². The standard InChI is InChI=1S/C17H22ClN5/c1-3-19-17-9-15(21-12(2)22-17)16-5-4-8-23(16)11-14-7-6-13(18)10-20-14/h6-7,9-10,16H,3-5,8,11H2,1-2H3,(H,19,21,22)/t16-/m1/s1. The average Bonchev–Trinajstić information content (AvgIpc) is 2.97. The first-order valence-corrected chi connectivity index (χ1v) is 8.47. The molecular weight excluding hydrogens is 310 g/mol. The minimum atomic E-state index is 0.326. The van der Waals surface area contributed by atoms with Crippen LogP contribution in [0.3, 0.4) is 0 Å². The molecule has 3 heterocycles. The Morgan fingerprint density at radius 1 is 1.35 bits per heavy atom. The third-order valence-corrected chi connectivity index (χ3v) is 4.30. The molecule has 1 saturated heterocycles. The van der Waals surface area contributed by atoms with Crippen molar-refractivity contribution in [3.63, 3.8) is 0 Å². The van der Waals surface area contributed by atoms with Gasteiger partial charge in [0.15, 0.2) is 0 Å². The predicted molar refractivity (Wildman–Crippen MR) is 92.6 cm³/mol. The molecule has 5 nitrogen and oxygen atoms in total. The number of hydrogen-bond acceptors (Lipinski definition) is 5. The van der Waals surface area contributed by atoms with E-state index in [0.717, 1.165) is 49.1 Å². The third-order valence-electron chi connectivity index (χ3n) is 4.07. The second-order valence-corrected chi connectivity index (χ2v) is 6.29. The molecule has 0 unspecified atom stereocenters. The van der Waals surface area contributed by atoms with Crippen LogP contribution in [0.15, 0.2) is 24.4 Å². The van der Waals surface area contributed by atoms with Gasteiger partial charge in [0.1, 0.15) is 11.6 Å². The lowest BCUT2D eigenvalue weighted by atomic mass is 10.1. The summed E-state index contributed by atoms with van der Waals surface area (Å²) < 4.78 is 0. The zero-order valence-electron chi connectivity index (χ0n) is 13.6. The van der Waals surface area contributed by atoms with Gasteiger partial charge in [-0.1, -0.05) is 11.6 Å². The largest absolute Gasteiger partial charge is 0.370 e. The van der Waals surface area contributed by atoms with Gasteiger partial charge in [0, 0.05) is 25.4 Å². The Labute approximate surface area is 142 Å². The first kappa shape index (κ1) is 16.1. The normalized spacial score (nSPS) is 18.3. The molecule has 0 amide bonds. The van der Waals surface area contributed by atoms with Crippen LogP contribution in [-0.4, -0.2) is 32.9 Å². The zero-order valence-corrected chi connectivity index (χ0v) is 14.3. The minimum Gasteiger partial charge on any atom is -0.370 e. The van der Waals surface area contributed by atoms with Crippen LogP contribution in [0.5, 0.6) is 0 Å². The average molecular weight is 332 g/mol. The van der Waals surface area contributed by atoms with Gasteiger partial charge in [-0.2, -0.15) is 0 Å². The van der Waals surface area contributed by atoms with E-state index in [9.17, 15) is 0 Å². The van der Waals surface area contributed by atoms with Crippen molar-refractivity contribution in [3.05, 3.63) is 46.6 Å². The molecule has 122 valence electrons. The molecule has 1 atom stereocenters. The van der Waals surface area contributed by atoms with Gasteiger partial charge in [0.05, 0.1) is 22.5 Å². The Morgan fingerprint density at radius 2 is 2.22 bits per heavy atom. The van der Waals surface area contributed by atoms with Crippen LogP contribution in [0.25, 0.3) is 0 Å². The molecule has 1 aliphatic rings. The van der Waals surface area contributed by atoms with E-state index in [2.05, 4.69) is 38.2 Å². The van der Waals surface area contributed by atoms with Crippen LogP contribution in [-0.2, 0) is 6.54 Å². The highest BCUT2D eigenvalue weighted by Crippen LogP contribution is 2.32. The number of aromatic nitrogens is 3. The Hall–Kier alpha value is -1.72. The van der Waals surface area contributed by atoms with Gasteiger partial charge in [0.2, 0.25) is 0 Å². The van der Waals surface area contributed by atoms with Crippen molar-refractivity contribution in [1.82, 2.24) is 19.9 Å². The molecule has 6 heteroatoms. The molecule has 3 rings (SSSR count). The second-order valence-electron chi connectivity index (χ2n) is 5.85. The number of hydrogen-bond donors (Lipinski definition) is 1.